The zero-order chi connectivity index (χ0) is 13.9. The van der Waals surface area contributed by atoms with Gasteiger partial charge in [-0.3, -0.25) is 4.79 Å². The van der Waals surface area contributed by atoms with Gasteiger partial charge in [-0.2, -0.15) is 0 Å². The van der Waals surface area contributed by atoms with Crippen LogP contribution in [0.25, 0.3) is 0 Å². The summed E-state index contributed by atoms with van der Waals surface area (Å²) in [6.45, 7) is 1.59. The SMILES string of the molecule is CN(CCNC(=O)C1CC2CCC1C2)c1ccccc1. The van der Waals surface area contributed by atoms with Crippen LogP contribution in [-0.2, 0) is 4.79 Å². The first-order chi connectivity index (χ1) is 9.74. The molecule has 2 fully saturated rings. The molecule has 2 aliphatic rings. The molecular weight excluding hydrogens is 248 g/mol. The number of anilines is 1. The van der Waals surface area contributed by atoms with Gasteiger partial charge in [0, 0.05) is 31.7 Å². The van der Waals surface area contributed by atoms with Gasteiger partial charge in [-0.05, 0) is 43.2 Å². The summed E-state index contributed by atoms with van der Waals surface area (Å²) in [6.07, 6.45) is 5.05. The molecule has 1 amide bonds. The molecule has 0 heterocycles. The number of amides is 1. The second-order valence-corrected chi connectivity index (χ2v) is 6.33. The number of nitrogens with zero attached hydrogens (tertiary/aromatic N) is 1. The average molecular weight is 272 g/mol. The van der Waals surface area contributed by atoms with Gasteiger partial charge in [0.25, 0.3) is 0 Å². The molecule has 1 N–H and O–H groups in total. The third-order valence-electron chi connectivity index (χ3n) is 5.02. The smallest absolute Gasteiger partial charge is 0.223 e. The molecule has 0 aliphatic heterocycles. The fourth-order valence-electron chi connectivity index (χ4n) is 3.86. The largest absolute Gasteiger partial charge is 0.373 e. The fourth-order valence-corrected chi connectivity index (χ4v) is 3.86. The van der Waals surface area contributed by atoms with Crippen molar-refractivity contribution in [2.24, 2.45) is 17.8 Å². The molecule has 2 saturated carbocycles. The maximum absolute atomic E-state index is 12.2. The summed E-state index contributed by atoms with van der Waals surface area (Å²) >= 11 is 0. The Hall–Kier alpha value is -1.51. The van der Waals surface area contributed by atoms with Gasteiger partial charge >= 0.3 is 0 Å². The monoisotopic (exact) mass is 272 g/mol. The van der Waals surface area contributed by atoms with E-state index in [1.807, 2.05) is 18.2 Å². The van der Waals surface area contributed by atoms with Gasteiger partial charge in [-0.15, -0.1) is 0 Å². The normalized spacial score (nSPS) is 27.6. The van der Waals surface area contributed by atoms with Crippen LogP contribution in [0, 0.1) is 17.8 Å². The topological polar surface area (TPSA) is 32.3 Å². The van der Waals surface area contributed by atoms with Crippen LogP contribution in [0.2, 0.25) is 0 Å². The zero-order valence-corrected chi connectivity index (χ0v) is 12.2. The molecule has 3 heteroatoms. The lowest BCUT2D eigenvalue weighted by Crippen LogP contribution is -2.38. The van der Waals surface area contributed by atoms with Crippen molar-refractivity contribution in [1.29, 1.82) is 0 Å². The molecule has 1 aromatic carbocycles. The van der Waals surface area contributed by atoms with Gasteiger partial charge in [0.15, 0.2) is 0 Å². The van der Waals surface area contributed by atoms with Crippen LogP contribution < -0.4 is 10.2 Å². The average Bonchev–Trinajstić information content (AvgIpc) is 3.10. The Morgan fingerprint density at radius 3 is 2.70 bits per heavy atom. The van der Waals surface area contributed by atoms with E-state index in [1.54, 1.807) is 0 Å². The number of benzene rings is 1. The Balaban J connectivity index is 1.42. The van der Waals surface area contributed by atoms with Crippen molar-refractivity contribution in [3.8, 4) is 0 Å². The summed E-state index contributed by atoms with van der Waals surface area (Å²) < 4.78 is 0. The number of rotatable bonds is 5. The maximum Gasteiger partial charge on any atom is 0.223 e. The lowest BCUT2D eigenvalue weighted by atomic mass is 9.88. The van der Waals surface area contributed by atoms with Crippen LogP contribution >= 0.6 is 0 Å². The highest BCUT2D eigenvalue weighted by Gasteiger charge is 2.42. The number of nitrogens with one attached hydrogen (secondary N) is 1. The number of hydrogen-bond donors (Lipinski definition) is 1. The summed E-state index contributed by atoms with van der Waals surface area (Å²) in [6, 6.07) is 10.3. The highest BCUT2D eigenvalue weighted by Crippen LogP contribution is 2.48. The Morgan fingerprint density at radius 2 is 2.05 bits per heavy atom. The van der Waals surface area contributed by atoms with Gasteiger partial charge in [-0.25, -0.2) is 0 Å². The van der Waals surface area contributed by atoms with E-state index in [1.165, 1.54) is 24.9 Å². The third-order valence-corrected chi connectivity index (χ3v) is 5.02. The van der Waals surface area contributed by atoms with E-state index < -0.39 is 0 Å². The predicted molar refractivity (Wildman–Crippen MR) is 81.7 cm³/mol. The number of fused-ring (bicyclic) bond motifs is 2. The number of para-hydroxylation sites is 1. The standard InChI is InChI=1S/C17H24N2O/c1-19(15-5-3-2-4-6-15)10-9-18-17(20)16-12-13-7-8-14(16)11-13/h2-6,13-14,16H,7-12H2,1H3,(H,18,20). The van der Waals surface area contributed by atoms with E-state index in [-0.39, 0.29) is 0 Å². The van der Waals surface area contributed by atoms with Gasteiger partial charge in [0.1, 0.15) is 0 Å². The Labute approximate surface area is 121 Å². The number of carbonyl (C=O) groups excluding carboxylic acids is 1. The van der Waals surface area contributed by atoms with Crippen molar-refractivity contribution in [3.63, 3.8) is 0 Å². The molecule has 0 aromatic heterocycles. The second kappa shape index (κ2) is 5.86. The van der Waals surface area contributed by atoms with Crippen LogP contribution in [0.15, 0.2) is 30.3 Å². The highest BCUT2D eigenvalue weighted by molar-refractivity contribution is 5.79. The molecule has 0 spiro atoms. The summed E-state index contributed by atoms with van der Waals surface area (Å²) in [5.41, 5.74) is 1.20. The summed E-state index contributed by atoms with van der Waals surface area (Å²) in [7, 11) is 2.07. The molecule has 0 saturated heterocycles. The molecule has 108 valence electrons. The van der Waals surface area contributed by atoms with Gasteiger partial charge in [0.05, 0.1) is 0 Å². The molecule has 3 atom stereocenters. The third kappa shape index (κ3) is 2.82. The zero-order valence-electron chi connectivity index (χ0n) is 12.2. The second-order valence-electron chi connectivity index (χ2n) is 6.33. The first kappa shape index (κ1) is 13.5. The van der Waals surface area contributed by atoms with Crippen LogP contribution in [0.4, 0.5) is 5.69 Å². The van der Waals surface area contributed by atoms with E-state index >= 15 is 0 Å². The predicted octanol–water partition coefficient (Wildman–Crippen LogP) is 2.68. The first-order valence-electron chi connectivity index (χ1n) is 7.78. The minimum Gasteiger partial charge on any atom is -0.373 e. The number of hydrogen-bond acceptors (Lipinski definition) is 2. The van der Waals surface area contributed by atoms with E-state index in [4.69, 9.17) is 0 Å². The molecule has 0 radical (unpaired) electrons. The van der Waals surface area contributed by atoms with Gasteiger partial charge in [-0.1, -0.05) is 24.6 Å². The summed E-state index contributed by atoms with van der Waals surface area (Å²) in [5.74, 6) is 2.10. The highest BCUT2D eigenvalue weighted by atomic mass is 16.1. The molecule has 3 unspecified atom stereocenters. The minimum absolute atomic E-state index is 0.290. The van der Waals surface area contributed by atoms with Crippen molar-refractivity contribution < 1.29 is 4.79 Å². The van der Waals surface area contributed by atoms with Gasteiger partial charge < -0.3 is 10.2 Å². The quantitative estimate of drug-likeness (QED) is 0.894. The Kier molecular flexibility index (Phi) is 3.95. The van der Waals surface area contributed by atoms with Crippen molar-refractivity contribution >= 4 is 11.6 Å². The van der Waals surface area contributed by atoms with E-state index in [2.05, 4.69) is 29.4 Å². The van der Waals surface area contributed by atoms with Crippen molar-refractivity contribution in [2.45, 2.75) is 25.7 Å². The van der Waals surface area contributed by atoms with E-state index in [0.29, 0.717) is 17.7 Å². The molecule has 2 bridgehead atoms. The molecular formula is C17H24N2O. The molecule has 3 rings (SSSR count). The van der Waals surface area contributed by atoms with E-state index in [9.17, 15) is 4.79 Å². The van der Waals surface area contributed by atoms with Crippen molar-refractivity contribution in [1.82, 2.24) is 5.32 Å². The molecule has 1 aromatic rings. The summed E-state index contributed by atoms with van der Waals surface area (Å²) in [4.78, 5) is 14.4. The van der Waals surface area contributed by atoms with Crippen LogP contribution in [0.5, 0.6) is 0 Å². The van der Waals surface area contributed by atoms with Crippen molar-refractivity contribution in [3.05, 3.63) is 30.3 Å². The minimum atomic E-state index is 0.290. The molecule has 20 heavy (non-hydrogen) atoms. The van der Waals surface area contributed by atoms with Crippen LogP contribution in [0.3, 0.4) is 0 Å². The van der Waals surface area contributed by atoms with Crippen LogP contribution in [-0.4, -0.2) is 26.0 Å². The van der Waals surface area contributed by atoms with Gasteiger partial charge in [0.2, 0.25) is 5.91 Å². The first-order valence-corrected chi connectivity index (χ1v) is 7.78. The summed E-state index contributed by atoms with van der Waals surface area (Å²) in [5, 5.41) is 3.13. The lowest BCUT2D eigenvalue weighted by Gasteiger charge is -2.23. The Morgan fingerprint density at radius 1 is 1.25 bits per heavy atom. The van der Waals surface area contributed by atoms with E-state index in [0.717, 1.165) is 25.4 Å². The number of likely N-dealkylation sites (N-methyl/N-ethyl adjacent to an activating group) is 1. The lowest BCUT2D eigenvalue weighted by molar-refractivity contribution is -0.126. The maximum atomic E-state index is 12.2. The van der Waals surface area contributed by atoms with Crippen LogP contribution in [0.1, 0.15) is 25.7 Å². The molecule has 3 nitrogen and oxygen atoms in total. The van der Waals surface area contributed by atoms with Crippen molar-refractivity contribution in [2.75, 3.05) is 25.0 Å². The fraction of sp³-hybridized carbons (Fsp3) is 0.588. The Bertz CT molecular complexity index is 459. The molecule has 2 aliphatic carbocycles. The number of carbonyl (C=O) groups is 1.